The van der Waals surface area contributed by atoms with Gasteiger partial charge in [-0.2, -0.15) is 0 Å². The van der Waals surface area contributed by atoms with Crippen molar-refractivity contribution in [1.29, 1.82) is 0 Å². The number of para-hydroxylation sites is 2. The molecule has 0 spiro atoms. The van der Waals surface area contributed by atoms with Crippen LogP contribution >= 0.6 is 22.9 Å². The molecule has 5 heteroatoms. The number of thiophene rings is 1. The molecular weight excluding hydrogens is 1170 g/mol. The van der Waals surface area contributed by atoms with E-state index in [4.69, 9.17) is 11.6 Å². The molecule has 0 bridgehead atoms. The first-order valence-corrected chi connectivity index (χ1v) is 34.2. The third-order valence-electron chi connectivity index (χ3n) is 18.7. The van der Waals surface area contributed by atoms with E-state index in [2.05, 4.69) is 367 Å². The van der Waals surface area contributed by atoms with Crippen molar-refractivity contribution in [3.8, 4) is 22.3 Å². The van der Waals surface area contributed by atoms with Crippen molar-refractivity contribution in [2.75, 3.05) is 14.7 Å². The fourth-order valence-electron chi connectivity index (χ4n) is 13.2. The predicted octanol–water partition coefficient (Wildman–Crippen LogP) is 27.2. The maximum absolute atomic E-state index is 8.74. The van der Waals surface area contributed by atoms with Crippen LogP contribution in [-0.2, 0) is 27.1 Å². The Bertz CT molecular complexity index is 4820. The van der Waals surface area contributed by atoms with Crippen molar-refractivity contribution in [1.82, 2.24) is 0 Å². The normalized spacial score (nSPS) is 12.5. The summed E-state index contributed by atoms with van der Waals surface area (Å²) in [6.07, 6.45) is 0. The smallest absolute Gasteiger partial charge is 0.0888 e. The van der Waals surface area contributed by atoms with Crippen molar-refractivity contribution in [2.24, 2.45) is 0 Å². The second-order valence-corrected chi connectivity index (χ2v) is 31.8. The second-order valence-electron chi connectivity index (χ2n) is 30.5. The molecule has 1 aromatic heterocycles. The molecule has 0 atom stereocenters. The Morgan fingerprint density at radius 2 is 0.667 bits per heavy atom. The predicted molar refractivity (Wildman–Crippen MR) is 408 cm³/mol. The molecule has 0 aliphatic heterocycles. The van der Waals surface area contributed by atoms with Gasteiger partial charge in [0.1, 0.15) is 0 Å². The lowest BCUT2D eigenvalue weighted by Gasteiger charge is -2.35. The van der Waals surface area contributed by atoms with E-state index in [1.165, 1.54) is 75.8 Å². The Balaban J connectivity index is 1.14. The topological polar surface area (TPSA) is 9.72 Å². The summed E-state index contributed by atoms with van der Waals surface area (Å²) in [5, 5.41) is 11.5. The summed E-state index contributed by atoms with van der Waals surface area (Å²) < 4.78 is 1.20. The molecule has 0 radical (unpaired) electrons. The number of hydrogen-bond acceptors (Lipinski definition) is 4. The molecule has 93 heavy (non-hydrogen) atoms. The number of anilines is 9. The first-order valence-electron chi connectivity index (χ1n) is 32.9. The van der Waals surface area contributed by atoms with Crippen LogP contribution in [0.3, 0.4) is 0 Å². The van der Waals surface area contributed by atoms with Gasteiger partial charge in [-0.25, -0.2) is 0 Å². The van der Waals surface area contributed by atoms with Crippen LogP contribution in [0.15, 0.2) is 248 Å². The Morgan fingerprint density at radius 3 is 1.17 bits per heavy atom. The average Bonchev–Trinajstić information content (AvgIpc) is 1.75. The number of halogens is 1. The molecule has 0 aliphatic rings. The number of fused-ring (bicyclic) bond motifs is 7. The fraction of sp³-hybridized carbons (Fsp3) is 0.227. The third-order valence-corrected chi connectivity index (χ3v) is 20.1. The molecule has 13 aromatic rings. The maximum atomic E-state index is 8.74. The van der Waals surface area contributed by atoms with E-state index in [0.717, 1.165) is 67.9 Å². The van der Waals surface area contributed by atoms with Crippen LogP contribution in [0.25, 0.3) is 64.7 Å². The van der Waals surface area contributed by atoms with Gasteiger partial charge < -0.3 is 14.7 Å². The highest BCUT2D eigenvalue weighted by Crippen LogP contribution is 2.55. The molecule has 0 unspecified atom stereocenters. The SMILES string of the molecule is CC(C)(C)c1ccc(N(c2ccc(C(C)(C)C)cc2-c2ccc3c4ccccc4c4ccccc4c3c2)c2cc(N(c3ccccc3)c3ccccc3)cc(N(c3ccc(-c4cc(C(C)(C)C)cc(C(C)(C)C)c4)cc3)c3csc4ccc(C(C)(C)C)cc34)c2Cl)cc1. The number of nitrogens with zero attached hydrogens (tertiary/aromatic N) is 3. The van der Waals surface area contributed by atoms with Gasteiger partial charge in [-0.05, 0) is 195 Å². The van der Waals surface area contributed by atoms with Gasteiger partial charge in [0.25, 0.3) is 0 Å². The molecule has 0 N–H and O–H groups in total. The molecule has 0 saturated heterocycles. The monoisotopic (exact) mass is 1250 g/mol. The van der Waals surface area contributed by atoms with Crippen LogP contribution < -0.4 is 14.7 Å². The van der Waals surface area contributed by atoms with Gasteiger partial charge in [-0.3, -0.25) is 0 Å². The van der Waals surface area contributed by atoms with Crippen LogP contribution in [0.1, 0.15) is 132 Å². The second kappa shape index (κ2) is 23.9. The number of rotatable bonds is 11. The molecule has 3 nitrogen and oxygen atoms in total. The van der Waals surface area contributed by atoms with Gasteiger partial charge in [0.05, 0.1) is 33.5 Å². The van der Waals surface area contributed by atoms with Crippen molar-refractivity contribution < 1.29 is 0 Å². The average molecular weight is 1250 g/mol. The quantitative estimate of drug-likeness (QED) is 0.120. The molecule has 12 aromatic carbocycles. The maximum Gasteiger partial charge on any atom is 0.0888 e. The molecule has 0 fully saturated rings. The summed E-state index contributed by atoms with van der Waals surface area (Å²) in [5.74, 6) is 0. The highest BCUT2D eigenvalue weighted by molar-refractivity contribution is 7.17. The summed E-state index contributed by atoms with van der Waals surface area (Å²) in [7, 11) is 0. The standard InChI is InChI=1S/C88H86ClN3S/c1-84(2,3)60-37-43-68(44-38-60)91(78-46-39-61(85(4,5)6)52-75(78)58-36-45-74-72-32-23-22-30-70(72)71-31-24-25-33-73(71)76(74)50-58)79-54-69(90(65-26-18-16-19-27-65)66-28-20-17-21-29-66)55-80(83(79)89)92(81-56-93-82-47-40-62(53-77(81)82)86(7,8)9)67-41-34-57(35-42-67)59-48-63(87(10,11)12)51-64(49-59)88(13,14)15/h16-56H,1-15H3. The first-order chi connectivity index (χ1) is 44.2. The van der Waals surface area contributed by atoms with Crippen LogP contribution in [-0.4, -0.2) is 0 Å². The number of benzene rings is 12. The largest absolute Gasteiger partial charge is 0.310 e. The van der Waals surface area contributed by atoms with Crippen LogP contribution in [0.2, 0.25) is 5.02 Å². The van der Waals surface area contributed by atoms with Crippen molar-refractivity contribution >= 4 is 117 Å². The van der Waals surface area contributed by atoms with Crippen LogP contribution in [0.4, 0.5) is 51.2 Å². The highest BCUT2D eigenvalue weighted by Gasteiger charge is 2.31. The number of hydrogen-bond donors (Lipinski definition) is 0. The molecule has 0 aliphatic carbocycles. The third kappa shape index (κ3) is 12.3. The lowest BCUT2D eigenvalue weighted by molar-refractivity contribution is 0.569. The first kappa shape index (κ1) is 62.9. The minimum atomic E-state index is -0.167. The zero-order valence-corrected chi connectivity index (χ0v) is 58.4. The van der Waals surface area contributed by atoms with Crippen molar-refractivity contribution in [3.63, 3.8) is 0 Å². The molecule has 0 amide bonds. The molecule has 466 valence electrons. The molecule has 1 heterocycles. The Kier molecular flexibility index (Phi) is 16.1. The summed E-state index contributed by atoms with van der Waals surface area (Å²) in [6, 6.07) is 90.8. The van der Waals surface area contributed by atoms with Crippen molar-refractivity contribution in [2.45, 2.75) is 131 Å². The van der Waals surface area contributed by atoms with E-state index in [0.29, 0.717) is 5.02 Å². The minimum Gasteiger partial charge on any atom is -0.310 e. The molecule has 13 rings (SSSR count). The van der Waals surface area contributed by atoms with Gasteiger partial charge in [0, 0.05) is 43.8 Å². The Morgan fingerprint density at radius 1 is 0.258 bits per heavy atom. The van der Waals surface area contributed by atoms with Gasteiger partial charge in [0.2, 0.25) is 0 Å². The minimum absolute atomic E-state index is 0.0386. The zero-order valence-electron chi connectivity index (χ0n) is 56.8. The van der Waals surface area contributed by atoms with E-state index < -0.39 is 0 Å². The van der Waals surface area contributed by atoms with E-state index in [1.54, 1.807) is 11.3 Å². The molecule has 0 saturated carbocycles. The van der Waals surface area contributed by atoms with Crippen LogP contribution in [0, 0.1) is 0 Å². The fourth-order valence-corrected chi connectivity index (χ4v) is 14.4. The van der Waals surface area contributed by atoms with E-state index in [9.17, 15) is 0 Å². The van der Waals surface area contributed by atoms with E-state index in [-0.39, 0.29) is 27.1 Å². The summed E-state index contributed by atoms with van der Waals surface area (Å²) in [4.78, 5) is 7.26. The Hall–Kier alpha value is -8.93. The van der Waals surface area contributed by atoms with Gasteiger partial charge in [-0.1, -0.05) is 267 Å². The van der Waals surface area contributed by atoms with E-state index in [1.807, 2.05) is 0 Å². The lowest BCUT2D eigenvalue weighted by atomic mass is 9.79. The summed E-state index contributed by atoms with van der Waals surface area (Å²) in [6.45, 7) is 34.6. The summed E-state index contributed by atoms with van der Waals surface area (Å²) >= 11 is 10.5. The summed E-state index contributed by atoms with van der Waals surface area (Å²) in [5.41, 5.74) is 19.3. The van der Waals surface area contributed by atoms with Gasteiger partial charge in [0.15, 0.2) is 0 Å². The van der Waals surface area contributed by atoms with Gasteiger partial charge in [-0.15, -0.1) is 11.3 Å². The van der Waals surface area contributed by atoms with E-state index >= 15 is 0 Å². The lowest BCUT2D eigenvalue weighted by Crippen LogP contribution is -2.18. The highest BCUT2D eigenvalue weighted by atomic mass is 35.5. The van der Waals surface area contributed by atoms with Crippen LogP contribution in [0.5, 0.6) is 0 Å². The molecular formula is C88H86ClN3S. The Labute approximate surface area is 561 Å². The van der Waals surface area contributed by atoms with Crippen molar-refractivity contribution in [3.05, 3.63) is 281 Å². The van der Waals surface area contributed by atoms with Gasteiger partial charge >= 0.3 is 0 Å². The zero-order chi connectivity index (χ0) is 65.5.